The molecule has 2 aromatic rings. The summed E-state index contributed by atoms with van der Waals surface area (Å²) in [4.78, 5) is 80.3. The SMILES string of the molecule is CC(C)C(=O)Nc1nc2c(ncn2[C@H]2C[C@@H](OC(=O)NCC(=O)O)[C@@H](COC(=O)NCC(=O)O)O2)c(=O)[nH]1. The number of aromatic nitrogens is 4. The lowest BCUT2D eigenvalue weighted by atomic mass is 10.2. The van der Waals surface area contributed by atoms with Crippen molar-refractivity contribution in [3.63, 3.8) is 0 Å². The van der Waals surface area contributed by atoms with E-state index in [0.717, 1.165) is 0 Å². The molecule has 1 fully saturated rings. The molecule has 3 rings (SSSR count). The molecule has 0 aliphatic carbocycles. The third kappa shape index (κ3) is 7.15. The molecule has 1 aliphatic rings. The van der Waals surface area contributed by atoms with E-state index in [9.17, 15) is 28.8 Å². The number of carbonyl (C=O) groups excluding carboxylic acids is 3. The van der Waals surface area contributed by atoms with Gasteiger partial charge in [0.2, 0.25) is 11.9 Å². The summed E-state index contributed by atoms with van der Waals surface area (Å²) in [7, 11) is 0. The number of alkyl carbamates (subject to hydrolysis) is 2. The molecule has 18 nitrogen and oxygen atoms in total. The number of hydrogen-bond donors (Lipinski definition) is 6. The van der Waals surface area contributed by atoms with Gasteiger partial charge in [-0.25, -0.2) is 14.6 Å². The van der Waals surface area contributed by atoms with E-state index < -0.39 is 79.6 Å². The Kier molecular flexibility index (Phi) is 8.79. The Morgan fingerprint density at radius 3 is 2.45 bits per heavy atom. The average molecular weight is 539 g/mol. The predicted molar refractivity (Wildman–Crippen MR) is 123 cm³/mol. The fraction of sp³-hybridized carbons (Fsp3) is 0.500. The Bertz CT molecular complexity index is 1290. The summed E-state index contributed by atoms with van der Waals surface area (Å²) < 4.78 is 17.4. The number of ether oxygens (including phenoxy) is 3. The first kappa shape index (κ1) is 27.8. The monoisotopic (exact) mass is 539 g/mol. The minimum atomic E-state index is -1.31. The van der Waals surface area contributed by atoms with E-state index in [4.69, 9.17) is 24.4 Å². The second-order valence-corrected chi connectivity index (χ2v) is 8.28. The number of fused-ring (bicyclic) bond motifs is 1. The molecule has 0 bridgehead atoms. The van der Waals surface area contributed by atoms with Crippen molar-refractivity contribution in [3.8, 4) is 0 Å². The lowest BCUT2D eigenvalue weighted by Crippen LogP contribution is -2.38. The highest BCUT2D eigenvalue weighted by atomic mass is 16.6. The predicted octanol–water partition coefficient (Wildman–Crippen LogP) is -1.01. The van der Waals surface area contributed by atoms with E-state index in [1.54, 1.807) is 13.8 Å². The molecule has 18 heteroatoms. The van der Waals surface area contributed by atoms with Crippen LogP contribution < -0.4 is 21.5 Å². The van der Waals surface area contributed by atoms with Gasteiger partial charge in [0.05, 0.1) is 6.33 Å². The van der Waals surface area contributed by atoms with E-state index in [1.807, 2.05) is 10.6 Å². The number of rotatable bonds is 10. The lowest BCUT2D eigenvalue weighted by molar-refractivity contribution is -0.136. The number of nitrogens with one attached hydrogen (secondary N) is 4. The van der Waals surface area contributed by atoms with E-state index in [0.29, 0.717) is 0 Å². The van der Waals surface area contributed by atoms with Crippen molar-refractivity contribution in [1.29, 1.82) is 0 Å². The molecule has 38 heavy (non-hydrogen) atoms. The van der Waals surface area contributed by atoms with Crippen molar-refractivity contribution >= 4 is 47.1 Å². The second-order valence-electron chi connectivity index (χ2n) is 8.28. The molecule has 3 amide bonds. The van der Waals surface area contributed by atoms with Gasteiger partial charge in [0, 0.05) is 12.3 Å². The molecular weight excluding hydrogens is 514 g/mol. The average Bonchev–Trinajstić information content (AvgIpc) is 3.44. The van der Waals surface area contributed by atoms with Crippen LogP contribution in [-0.4, -0.2) is 91.7 Å². The Morgan fingerprint density at radius 2 is 1.82 bits per heavy atom. The topological polar surface area (TPSA) is 253 Å². The third-order valence-corrected chi connectivity index (χ3v) is 5.09. The number of carboxylic acid groups (broad SMARTS) is 2. The van der Waals surface area contributed by atoms with Crippen LogP contribution in [0, 0.1) is 5.92 Å². The summed E-state index contributed by atoms with van der Waals surface area (Å²) in [5.41, 5.74) is -0.671. The highest BCUT2D eigenvalue weighted by Crippen LogP contribution is 2.32. The van der Waals surface area contributed by atoms with Gasteiger partial charge >= 0.3 is 24.1 Å². The van der Waals surface area contributed by atoms with Crippen LogP contribution in [0.15, 0.2) is 11.1 Å². The van der Waals surface area contributed by atoms with Crippen molar-refractivity contribution < 1.29 is 48.4 Å². The first-order valence-corrected chi connectivity index (χ1v) is 11.2. The van der Waals surface area contributed by atoms with Gasteiger partial charge in [-0.15, -0.1) is 0 Å². The fourth-order valence-corrected chi connectivity index (χ4v) is 3.29. The normalized spacial score (nSPS) is 18.7. The fourth-order valence-electron chi connectivity index (χ4n) is 3.29. The zero-order valence-corrected chi connectivity index (χ0v) is 20.1. The number of carbonyl (C=O) groups is 5. The Balaban J connectivity index is 1.81. The van der Waals surface area contributed by atoms with Gasteiger partial charge in [-0.3, -0.25) is 34.0 Å². The minimum Gasteiger partial charge on any atom is -0.480 e. The number of nitrogens with zero attached hydrogens (tertiary/aromatic N) is 3. The van der Waals surface area contributed by atoms with Crippen molar-refractivity contribution in [3.05, 3.63) is 16.7 Å². The number of amides is 3. The highest BCUT2D eigenvalue weighted by Gasteiger charge is 2.40. The van der Waals surface area contributed by atoms with Gasteiger partial charge < -0.3 is 35.1 Å². The Labute approximate surface area is 212 Å². The number of imidazole rings is 1. The zero-order valence-electron chi connectivity index (χ0n) is 20.1. The first-order chi connectivity index (χ1) is 17.9. The molecular formula is C20H25N7O11. The quantitative estimate of drug-likeness (QED) is 0.212. The summed E-state index contributed by atoms with van der Waals surface area (Å²) in [5.74, 6) is -3.52. The van der Waals surface area contributed by atoms with E-state index >= 15 is 0 Å². The first-order valence-electron chi connectivity index (χ1n) is 11.2. The summed E-state index contributed by atoms with van der Waals surface area (Å²) in [6.07, 6.45) is -4.05. The van der Waals surface area contributed by atoms with Gasteiger partial charge in [0.1, 0.15) is 38.1 Å². The number of hydrogen-bond acceptors (Lipinski definition) is 11. The minimum absolute atomic E-state index is 0.0349. The second kappa shape index (κ2) is 12.0. The molecule has 0 radical (unpaired) electrons. The maximum atomic E-state index is 12.5. The van der Waals surface area contributed by atoms with E-state index in [-0.39, 0.29) is 23.5 Å². The molecule has 0 saturated carbocycles. The standard InChI is InChI=1S/C20H25N7O11/c1-8(2)16(32)25-18-24-15-14(17(33)26-18)23-7-27(15)11-3-9(38-20(35)22-5-13(30)31)10(37-11)6-36-19(34)21-4-12(28)29/h7-11H,3-6H2,1-2H3,(H,21,34)(H,22,35)(H,28,29)(H,30,31)(H2,24,25,26,32,33)/t9-,10-,11-/m1/s1. The highest BCUT2D eigenvalue weighted by molar-refractivity contribution is 5.91. The van der Waals surface area contributed by atoms with Gasteiger partial charge in [0.15, 0.2) is 11.2 Å². The summed E-state index contributed by atoms with van der Waals surface area (Å²) in [5, 5.41) is 23.9. The van der Waals surface area contributed by atoms with Crippen LogP contribution in [0.1, 0.15) is 26.5 Å². The van der Waals surface area contributed by atoms with E-state index in [2.05, 4.69) is 20.3 Å². The molecule has 0 spiro atoms. The van der Waals surface area contributed by atoms with Gasteiger partial charge in [-0.1, -0.05) is 13.8 Å². The van der Waals surface area contributed by atoms with Crippen molar-refractivity contribution in [2.45, 2.75) is 38.7 Å². The van der Waals surface area contributed by atoms with Crippen LogP contribution in [0.25, 0.3) is 11.2 Å². The van der Waals surface area contributed by atoms with Crippen LogP contribution >= 0.6 is 0 Å². The summed E-state index contributed by atoms with van der Waals surface area (Å²) >= 11 is 0. The summed E-state index contributed by atoms with van der Waals surface area (Å²) in [6.45, 7) is 1.42. The number of aromatic amines is 1. The smallest absolute Gasteiger partial charge is 0.408 e. The number of anilines is 1. The van der Waals surface area contributed by atoms with Crippen LogP contribution in [0.4, 0.5) is 15.5 Å². The molecule has 0 aromatic carbocycles. The van der Waals surface area contributed by atoms with Crippen LogP contribution in [-0.2, 0) is 28.6 Å². The summed E-state index contributed by atoms with van der Waals surface area (Å²) in [6, 6.07) is 0. The number of aliphatic carboxylic acids is 2. The van der Waals surface area contributed by atoms with Crippen molar-refractivity contribution in [2.75, 3.05) is 25.0 Å². The van der Waals surface area contributed by atoms with Crippen LogP contribution in [0.2, 0.25) is 0 Å². The molecule has 206 valence electrons. The number of H-pyrrole nitrogens is 1. The third-order valence-electron chi connectivity index (χ3n) is 5.09. The molecule has 2 aromatic heterocycles. The largest absolute Gasteiger partial charge is 0.480 e. The van der Waals surface area contributed by atoms with Gasteiger partial charge in [0.25, 0.3) is 5.56 Å². The zero-order chi connectivity index (χ0) is 28.0. The maximum Gasteiger partial charge on any atom is 0.408 e. The maximum absolute atomic E-state index is 12.5. The molecule has 1 aliphatic heterocycles. The Hall–Kier alpha value is -4.74. The van der Waals surface area contributed by atoms with E-state index in [1.165, 1.54) is 10.9 Å². The molecule has 3 atom stereocenters. The van der Waals surface area contributed by atoms with Crippen molar-refractivity contribution in [2.24, 2.45) is 5.92 Å². The molecule has 0 unspecified atom stereocenters. The Morgan fingerprint density at radius 1 is 1.16 bits per heavy atom. The van der Waals surface area contributed by atoms with Crippen LogP contribution in [0.3, 0.4) is 0 Å². The molecule has 3 heterocycles. The van der Waals surface area contributed by atoms with Gasteiger partial charge in [-0.2, -0.15) is 4.98 Å². The number of carboxylic acids is 2. The van der Waals surface area contributed by atoms with Crippen LogP contribution in [0.5, 0.6) is 0 Å². The van der Waals surface area contributed by atoms with Gasteiger partial charge in [-0.05, 0) is 0 Å². The molecule has 6 N–H and O–H groups in total. The lowest BCUT2D eigenvalue weighted by Gasteiger charge is -2.18. The molecule has 1 saturated heterocycles. The van der Waals surface area contributed by atoms with Crippen molar-refractivity contribution in [1.82, 2.24) is 30.2 Å².